The van der Waals surface area contributed by atoms with Crippen molar-refractivity contribution in [1.82, 2.24) is 10.3 Å². The van der Waals surface area contributed by atoms with E-state index in [0.717, 1.165) is 36.8 Å². The van der Waals surface area contributed by atoms with Gasteiger partial charge in [-0.1, -0.05) is 46.7 Å². The molecule has 1 unspecified atom stereocenters. The van der Waals surface area contributed by atoms with E-state index in [4.69, 9.17) is 37.7 Å². The summed E-state index contributed by atoms with van der Waals surface area (Å²) >= 11 is 14.0. The summed E-state index contributed by atoms with van der Waals surface area (Å²) in [4.78, 5) is 7.22. The van der Waals surface area contributed by atoms with E-state index < -0.39 is 0 Å². The molecule has 1 atom stereocenters. The molecule has 0 bridgehead atoms. The third-order valence-corrected chi connectivity index (χ3v) is 7.58. The Morgan fingerprint density at radius 1 is 1.06 bits per heavy atom. The molecule has 0 radical (unpaired) electrons. The zero-order valence-corrected chi connectivity index (χ0v) is 21.2. The maximum atomic E-state index is 6.18. The SMILES string of the molecule is Cl.Cl.Clc1ccc2c(c1Cl)OCC(CNCC1CCN(c3nc4ccccc4s3)CC1)O2. The van der Waals surface area contributed by atoms with Gasteiger partial charge in [0.15, 0.2) is 16.6 Å². The molecule has 0 spiro atoms. The molecule has 1 saturated heterocycles. The first kappa shape index (κ1) is 25.5. The molecule has 1 N–H and O–H groups in total. The highest BCUT2D eigenvalue weighted by Gasteiger charge is 2.25. The number of piperidine rings is 1. The van der Waals surface area contributed by atoms with Crippen LogP contribution < -0.4 is 19.7 Å². The van der Waals surface area contributed by atoms with Crippen LogP contribution in [0.25, 0.3) is 10.2 Å². The number of rotatable bonds is 5. The molecule has 2 aliphatic heterocycles. The summed E-state index contributed by atoms with van der Waals surface area (Å²) in [6.45, 7) is 4.32. The van der Waals surface area contributed by atoms with Crippen LogP contribution in [0.5, 0.6) is 11.5 Å². The van der Waals surface area contributed by atoms with Gasteiger partial charge in [-0.2, -0.15) is 0 Å². The van der Waals surface area contributed by atoms with Gasteiger partial charge in [-0.05, 0) is 49.6 Å². The summed E-state index contributed by atoms with van der Waals surface area (Å²) in [6, 6.07) is 11.9. The van der Waals surface area contributed by atoms with Crippen molar-refractivity contribution in [3.8, 4) is 11.5 Å². The number of halogens is 4. The minimum absolute atomic E-state index is 0. The summed E-state index contributed by atoms with van der Waals surface area (Å²) in [5, 5.41) is 5.60. The Morgan fingerprint density at radius 2 is 1.84 bits per heavy atom. The molecule has 5 nitrogen and oxygen atoms in total. The normalized spacial score (nSPS) is 18.2. The zero-order chi connectivity index (χ0) is 20.5. The second-order valence-corrected chi connectivity index (χ2v) is 9.59. The third kappa shape index (κ3) is 5.49. The van der Waals surface area contributed by atoms with Crippen LogP contribution >= 0.6 is 59.4 Å². The molecule has 5 rings (SSSR count). The predicted octanol–water partition coefficient (Wildman–Crippen LogP) is 6.09. The van der Waals surface area contributed by atoms with Gasteiger partial charge >= 0.3 is 0 Å². The van der Waals surface area contributed by atoms with Crippen molar-refractivity contribution in [1.29, 1.82) is 0 Å². The molecular formula is C22H25Cl4N3O2S. The number of para-hydroxylation sites is 1. The molecule has 2 aromatic carbocycles. The number of anilines is 1. The van der Waals surface area contributed by atoms with Gasteiger partial charge in [0.1, 0.15) is 17.7 Å². The quantitative estimate of drug-likeness (QED) is 0.427. The van der Waals surface area contributed by atoms with E-state index in [2.05, 4.69) is 28.4 Å². The van der Waals surface area contributed by atoms with Crippen LogP contribution in [0, 0.1) is 5.92 Å². The molecule has 3 heterocycles. The van der Waals surface area contributed by atoms with Crippen LogP contribution in [0.1, 0.15) is 12.8 Å². The molecule has 1 aromatic heterocycles. The highest BCUT2D eigenvalue weighted by atomic mass is 35.5. The zero-order valence-electron chi connectivity index (χ0n) is 17.3. The summed E-state index contributed by atoms with van der Waals surface area (Å²) in [6.07, 6.45) is 2.31. The van der Waals surface area contributed by atoms with Crippen LogP contribution in [0.2, 0.25) is 10.0 Å². The Hall–Kier alpha value is -1.15. The number of fused-ring (bicyclic) bond motifs is 2. The average Bonchev–Trinajstić information content (AvgIpc) is 3.21. The fourth-order valence-corrected chi connectivity index (χ4v) is 5.38. The summed E-state index contributed by atoms with van der Waals surface area (Å²) in [5.41, 5.74) is 1.10. The second-order valence-electron chi connectivity index (χ2n) is 7.79. The van der Waals surface area contributed by atoms with Gasteiger partial charge in [-0.3, -0.25) is 0 Å². The minimum atomic E-state index is -0.0300. The van der Waals surface area contributed by atoms with Gasteiger partial charge in [0.05, 0.1) is 15.2 Å². The molecule has 0 saturated carbocycles. The highest BCUT2D eigenvalue weighted by Crippen LogP contribution is 2.42. The molecule has 2 aliphatic rings. The second kappa shape index (κ2) is 11.3. The monoisotopic (exact) mass is 535 g/mol. The topological polar surface area (TPSA) is 46.6 Å². The first-order valence-electron chi connectivity index (χ1n) is 10.3. The van der Waals surface area contributed by atoms with E-state index in [0.29, 0.717) is 34.1 Å². The van der Waals surface area contributed by atoms with Crippen molar-refractivity contribution in [2.75, 3.05) is 37.7 Å². The van der Waals surface area contributed by atoms with Gasteiger partial charge in [-0.25, -0.2) is 4.98 Å². The molecule has 32 heavy (non-hydrogen) atoms. The molecular weight excluding hydrogens is 512 g/mol. The number of hydrogen-bond donors (Lipinski definition) is 1. The lowest BCUT2D eigenvalue weighted by molar-refractivity contribution is 0.0895. The third-order valence-electron chi connectivity index (χ3n) is 5.69. The standard InChI is InChI=1S/C22H23Cl2N3O2S.2ClH/c23-16-5-6-18-21(20(16)24)28-13-15(29-18)12-25-11-14-7-9-27(10-8-14)22-26-17-3-1-2-4-19(17)30-22;;/h1-6,14-15,25H,7-13H2;2*1H. The van der Waals surface area contributed by atoms with Crippen LogP contribution in [0.3, 0.4) is 0 Å². The fourth-order valence-electron chi connectivity index (χ4n) is 4.00. The lowest BCUT2D eigenvalue weighted by atomic mass is 9.97. The van der Waals surface area contributed by atoms with Crippen LogP contribution in [0.15, 0.2) is 36.4 Å². The molecule has 0 aliphatic carbocycles. The van der Waals surface area contributed by atoms with E-state index in [-0.39, 0.29) is 30.9 Å². The van der Waals surface area contributed by atoms with Crippen molar-refractivity contribution in [2.45, 2.75) is 18.9 Å². The van der Waals surface area contributed by atoms with Crippen molar-refractivity contribution in [2.24, 2.45) is 5.92 Å². The molecule has 1 fully saturated rings. The van der Waals surface area contributed by atoms with Crippen molar-refractivity contribution in [3.63, 3.8) is 0 Å². The summed E-state index contributed by atoms with van der Waals surface area (Å²) in [5.74, 6) is 1.87. The van der Waals surface area contributed by atoms with Gasteiger partial charge in [0, 0.05) is 19.6 Å². The van der Waals surface area contributed by atoms with Crippen molar-refractivity contribution in [3.05, 3.63) is 46.4 Å². The summed E-state index contributed by atoms with van der Waals surface area (Å²) in [7, 11) is 0. The van der Waals surface area contributed by atoms with Crippen molar-refractivity contribution >= 4 is 74.7 Å². The van der Waals surface area contributed by atoms with Gasteiger partial charge in [-0.15, -0.1) is 24.8 Å². The Labute approximate surface area is 214 Å². The first-order valence-corrected chi connectivity index (χ1v) is 11.8. The molecule has 3 aromatic rings. The molecule has 174 valence electrons. The number of ether oxygens (including phenoxy) is 2. The number of aromatic nitrogens is 1. The largest absolute Gasteiger partial charge is 0.484 e. The van der Waals surface area contributed by atoms with E-state index in [9.17, 15) is 0 Å². The highest BCUT2D eigenvalue weighted by molar-refractivity contribution is 7.22. The fraction of sp³-hybridized carbons (Fsp3) is 0.409. The number of nitrogens with one attached hydrogen (secondary N) is 1. The first-order chi connectivity index (χ1) is 14.7. The van der Waals surface area contributed by atoms with Crippen LogP contribution in [-0.4, -0.2) is 43.9 Å². The molecule has 10 heteroatoms. The Bertz CT molecular complexity index is 1010. The maximum Gasteiger partial charge on any atom is 0.186 e. The lowest BCUT2D eigenvalue weighted by Gasteiger charge is -2.32. The predicted molar refractivity (Wildman–Crippen MR) is 138 cm³/mol. The van der Waals surface area contributed by atoms with E-state index in [1.54, 1.807) is 17.4 Å². The van der Waals surface area contributed by atoms with E-state index in [1.807, 2.05) is 12.1 Å². The molecule has 0 amide bonds. The van der Waals surface area contributed by atoms with E-state index in [1.165, 1.54) is 17.5 Å². The Kier molecular flexibility index (Phi) is 9.01. The smallest absolute Gasteiger partial charge is 0.186 e. The van der Waals surface area contributed by atoms with Gasteiger partial charge in [0.2, 0.25) is 0 Å². The average molecular weight is 537 g/mol. The minimum Gasteiger partial charge on any atom is -0.484 e. The number of hydrogen-bond acceptors (Lipinski definition) is 6. The van der Waals surface area contributed by atoms with E-state index >= 15 is 0 Å². The number of benzene rings is 2. The van der Waals surface area contributed by atoms with Crippen LogP contribution in [0.4, 0.5) is 5.13 Å². The number of nitrogens with zero attached hydrogens (tertiary/aromatic N) is 2. The maximum absolute atomic E-state index is 6.18. The Balaban J connectivity index is 0.00000144. The van der Waals surface area contributed by atoms with Gasteiger partial charge < -0.3 is 19.7 Å². The Morgan fingerprint density at radius 3 is 2.62 bits per heavy atom. The van der Waals surface area contributed by atoms with Crippen molar-refractivity contribution < 1.29 is 9.47 Å². The van der Waals surface area contributed by atoms with Gasteiger partial charge in [0.25, 0.3) is 0 Å². The lowest BCUT2D eigenvalue weighted by Crippen LogP contribution is -2.42. The van der Waals surface area contributed by atoms with Crippen LogP contribution in [-0.2, 0) is 0 Å². The summed E-state index contributed by atoms with van der Waals surface area (Å²) < 4.78 is 13.1. The number of thiazole rings is 1.